The molecular weight excluding hydrogens is 242 g/mol. The first-order valence-electron chi connectivity index (χ1n) is 6.87. The monoisotopic (exact) mass is 263 g/mol. The quantitative estimate of drug-likeness (QED) is 0.888. The van der Waals surface area contributed by atoms with Gasteiger partial charge in [-0.2, -0.15) is 0 Å². The van der Waals surface area contributed by atoms with Gasteiger partial charge in [0.25, 0.3) is 5.91 Å². The number of hydrogen-bond acceptors (Lipinski definition) is 3. The molecule has 104 valence electrons. The Morgan fingerprint density at radius 3 is 2.68 bits per heavy atom. The first-order chi connectivity index (χ1) is 9.24. The van der Waals surface area contributed by atoms with Gasteiger partial charge in [0.1, 0.15) is 0 Å². The first kappa shape index (κ1) is 13.7. The first-order valence-corrected chi connectivity index (χ1v) is 6.87. The van der Waals surface area contributed by atoms with Crippen LogP contribution in [0.3, 0.4) is 0 Å². The predicted octanol–water partition coefficient (Wildman–Crippen LogP) is 2.77. The maximum Gasteiger partial charge on any atom is 0.251 e. The molecule has 19 heavy (non-hydrogen) atoms. The van der Waals surface area contributed by atoms with Gasteiger partial charge in [0.15, 0.2) is 11.5 Å². The van der Waals surface area contributed by atoms with E-state index in [0.29, 0.717) is 17.9 Å². The summed E-state index contributed by atoms with van der Waals surface area (Å²) in [4.78, 5) is 11.8. The molecule has 0 atom stereocenters. The second-order valence-corrected chi connectivity index (χ2v) is 4.75. The molecule has 0 spiro atoms. The van der Waals surface area contributed by atoms with E-state index >= 15 is 0 Å². The molecule has 1 aliphatic rings. The molecule has 0 aromatic heterocycles. The number of benzene rings is 1. The normalized spacial score (nSPS) is 15.3. The van der Waals surface area contributed by atoms with E-state index in [1.165, 1.54) is 12.8 Å². The number of amides is 1. The van der Waals surface area contributed by atoms with Crippen LogP contribution in [0.1, 0.15) is 43.0 Å². The van der Waals surface area contributed by atoms with Gasteiger partial charge in [0.05, 0.1) is 13.2 Å². The lowest BCUT2D eigenvalue weighted by Crippen LogP contribution is -2.22. The number of carbonyl (C=O) groups is 1. The van der Waals surface area contributed by atoms with Crippen LogP contribution in [0.25, 0.3) is 0 Å². The molecule has 0 radical (unpaired) electrons. The third kappa shape index (κ3) is 3.40. The molecule has 4 heteroatoms. The average molecular weight is 263 g/mol. The summed E-state index contributed by atoms with van der Waals surface area (Å²) in [5, 5.41) is 2.77. The Bertz CT molecular complexity index is 439. The van der Waals surface area contributed by atoms with Crippen molar-refractivity contribution in [2.45, 2.75) is 38.7 Å². The Labute approximate surface area is 114 Å². The molecular formula is C15H21NO3. The minimum atomic E-state index is -0.0896. The van der Waals surface area contributed by atoms with Crippen LogP contribution in [0.4, 0.5) is 0 Å². The van der Waals surface area contributed by atoms with Gasteiger partial charge in [-0.25, -0.2) is 0 Å². The Balaban J connectivity index is 2.13. The second kappa shape index (κ2) is 6.45. The average Bonchev–Trinajstić information content (AvgIpc) is 2.92. The molecule has 4 nitrogen and oxygen atoms in total. The van der Waals surface area contributed by atoms with Crippen molar-refractivity contribution < 1.29 is 14.3 Å². The van der Waals surface area contributed by atoms with Crippen LogP contribution in [0, 0.1) is 0 Å². The van der Waals surface area contributed by atoms with E-state index in [9.17, 15) is 4.79 Å². The van der Waals surface area contributed by atoms with Crippen molar-refractivity contribution in [1.82, 2.24) is 5.32 Å². The van der Waals surface area contributed by atoms with E-state index in [1.54, 1.807) is 19.2 Å². The summed E-state index contributed by atoms with van der Waals surface area (Å²) in [6, 6.07) is 5.33. The molecule has 1 aliphatic carbocycles. The standard InChI is InChI=1S/C15H21NO3/c1-3-16-15(17)11-8-9-13(14(10-11)18-2)19-12-6-4-5-7-12/h8-10,12H,3-7H2,1-2H3,(H,16,17). The van der Waals surface area contributed by atoms with Crippen LogP contribution >= 0.6 is 0 Å². The molecule has 0 heterocycles. The smallest absolute Gasteiger partial charge is 0.251 e. The third-order valence-corrected chi connectivity index (χ3v) is 3.36. The SMILES string of the molecule is CCNC(=O)c1ccc(OC2CCCC2)c(OC)c1. The van der Waals surface area contributed by atoms with Crippen molar-refractivity contribution in [3.63, 3.8) is 0 Å². The zero-order valence-corrected chi connectivity index (χ0v) is 11.6. The summed E-state index contributed by atoms with van der Waals surface area (Å²) in [5.74, 6) is 1.26. The van der Waals surface area contributed by atoms with Crippen LogP contribution in [-0.4, -0.2) is 25.7 Å². The largest absolute Gasteiger partial charge is 0.493 e. The Hall–Kier alpha value is -1.71. The number of methoxy groups -OCH3 is 1. The molecule has 1 aromatic carbocycles. The molecule has 0 saturated heterocycles. The van der Waals surface area contributed by atoms with Crippen molar-refractivity contribution in [2.75, 3.05) is 13.7 Å². The van der Waals surface area contributed by atoms with E-state index in [2.05, 4.69) is 5.32 Å². The predicted molar refractivity (Wildman–Crippen MR) is 73.9 cm³/mol. The fourth-order valence-electron chi connectivity index (χ4n) is 2.35. The van der Waals surface area contributed by atoms with Crippen LogP contribution in [0.2, 0.25) is 0 Å². The summed E-state index contributed by atoms with van der Waals surface area (Å²) in [6.45, 7) is 2.51. The van der Waals surface area contributed by atoms with Gasteiger partial charge < -0.3 is 14.8 Å². The summed E-state index contributed by atoms with van der Waals surface area (Å²) in [6.07, 6.45) is 4.93. The fourth-order valence-corrected chi connectivity index (χ4v) is 2.35. The minimum absolute atomic E-state index is 0.0896. The van der Waals surface area contributed by atoms with Crippen molar-refractivity contribution in [1.29, 1.82) is 0 Å². The molecule has 0 bridgehead atoms. The van der Waals surface area contributed by atoms with Gasteiger partial charge in [-0.05, 0) is 50.8 Å². The van der Waals surface area contributed by atoms with E-state index in [1.807, 2.05) is 13.0 Å². The molecule has 0 aliphatic heterocycles. The summed E-state index contributed by atoms with van der Waals surface area (Å²) in [7, 11) is 1.60. The lowest BCUT2D eigenvalue weighted by Gasteiger charge is -2.16. The van der Waals surface area contributed by atoms with E-state index in [4.69, 9.17) is 9.47 Å². The number of carbonyl (C=O) groups excluding carboxylic acids is 1. The molecule has 1 fully saturated rings. The zero-order chi connectivity index (χ0) is 13.7. The van der Waals surface area contributed by atoms with E-state index < -0.39 is 0 Å². The Morgan fingerprint density at radius 2 is 2.05 bits per heavy atom. The summed E-state index contributed by atoms with van der Waals surface area (Å²) >= 11 is 0. The maximum absolute atomic E-state index is 11.8. The number of hydrogen-bond donors (Lipinski definition) is 1. The highest BCUT2D eigenvalue weighted by Gasteiger charge is 2.19. The highest BCUT2D eigenvalue weighted by molar-refractivity contribution is 5.94. The van der Waals surface area contributed by atoms with Crippen molar-refractivity contribution >= 4 is 5.91 Å². The maximum atomic E-state index is 11.8. The van der Waals surface area contributed by atoms with Gasteiger partial charge in [-0.15, -0.1) is 0 Å². The van der Waals surface area contributed by atoms with Crippen molar-refractivity contribution in [2.24, 2.45) is 0 Å². The lowest BCUT2D eigenvalue weighted by molar-refractivity contribution is 0.0955. The highest BCUT2D eigenvalue weighted by atomic mass is 16.5. The number of ether oxygens (including phenoxy) is 2. The Kier molecular flexibility index (Phi) is 4.66. The zero-order valence-electron chi connectivity index (χ0n) is 11.6. The highest BCUT2D eigenvalue weighted by Crippen LogP contribution is 2.32. The minimum Gasteiger partial charge on any atom is -0.493 e. The van der Waals surface area contributed by atoms with Crippen LogP contribution in [0.15, 0.2) is 18.2 Å². The lowest BCUT2D eigenvalue weighted by atomic mass is 10.2. The van der Waals surface area contributed by atoms with Crippen molar-refractivity contribution in [3.8, 4) is 11.5 Å². The molecule has 0 unspecified atom stereocenters. The fraction of sp³-hybridized carbons (Fsp3) is 0.533. The Morgan fingerprint density at radius 1 is 1.32 bits per heavy atom. The number of nitrogens with one attached hydrogen (secondary N) is 1. The number of rotatable bonds is 5. The molecule has 1 amide bonds. The second-order valence-electron chi connectivity index (χ2n) is 4.75. The summed E-state index contributed by atoms with van der Waals surface area (Å²) < 4.78 is 11.3. The third-order valence-electron chi connectivity index (χ3n) is 3.36. The molecule has 1 N–H and O–H groups in total. The molecule has 1 saturated carbocycles. The van der Waals surface area contributed by atoms with Gasteiger partial charge in [-0.3, -0.25) is 4.79 Å². The van der Waals surface area contributed by atoms with Gasteiger partial charge in [0.2, 0.25) is 0 Å². The van der Waals surface area contributed by atoms with Crippen LogP contribution in [0.5, 0.6) is 11.5 Å². The van der Waals surface area contributed by atoms with E-state index in [0.717, 1.165) is 18.6 Å². The topological polar surface area (TPSA) is 47.6 Å². The van der Waals surface area contributed by atoms with Gasteiger partial charge in [0, 0.05) is 12.1 Å². The van der Waals surface area contributed by atoms with E-state index in [-0.39, 0.29) is 12.0 Å². The van der Waals surface area contributed by atoms with Gasteiger partial charge in [-0.1, -0.05) is 0 Å². The molecule has 2 rings (SSSR count). The van der Waals surface area contributed by atoms with Gasteiger partial charge >= 0.3 is 0 Å². The van der Waals surface area contributed by atoms with Crippen LogP contribution in [-0.2, 0) is 0 Å². The summed E-state index contributed by atoms with van der Waals surface area (Å²) in [5.41, 5.74) is 0.595. The molecule has 1 aromatic rings. The van der Waals surface area contributed by atoms with Crippen molar-refractivity contribution in [3.05, 3.63) is 23.8 Å². The van der Waals surface area contributed by atoms with Crippen LogP contribution < -0.4 is 14.8 Å².